The Hall–Kier alpha value is -2.67. The van der Waals surface area contributed by atoms with Crippen LogP contribution in [0.15, 0.2) is 59.6 Å². The molecule has 0 aliphatic carbocycles. The van der Waals surface area contributed by atoms with E-state index in [4.69, 9.17) is 0 Å². The first-order chi connectivity index (χ1) is 13.3. The number of hydrogen-bond acceptors (Lipinski definition) is 3. The van der Waals surface area contributed by atoms with E-state index in [1.165, 1.54) is 30.5 Å². The number of carbonyl (C=O) groups is 1. The van der Waals surface area contributed by atoms with Crippen molar-refractivity contribution in [3.8, 4) is 0 Å². The lowest BCUT2D eigenvalue weighted by atomic mass is 10.2. The summed E-state index contributed by atoms with van der Waals surface area (Å²) >= 11 is 0. The number of rotatable bonds is 7. The Balaban J connectivity index is 1.95. The summed E-state index contributed by atoms with van der Waals surface area (Å²) in [6.45, 7) is 3.94. The van der Waals surface area contributed by atoms with Crippen LogP contribution >= 0.6 is 0 Å². The van der Waals surface area contributed by atoms with Crippen LogP contribution in [-0.4, -0.2) is 24.9 Å². The predicted octanol–water partition coefficient (Wildman–Crippen LogP) is 3.67. The number of hydrogen-bond donors (Lipinski definition) is 1. The van der Waals surface area contributed by atoms with E-state index in [1.807, 2.05) is 19.9 Å². The molecule has 3 rings (SSSR count). The highest BCUT2D eigenvalue weighted by molar-refractivity contribution is 7.90. The van der Waals surface area contributed by atoms with Gasteiger partial charge in [0.15, 0.2) is 9.84 Å². The van der Waals surface area contributed by atoms with Crippen molar-refractivity contribution in [3.05, 3.63) is 66.1 Å². The maximum atomic E-state index is 13.1. The molecule has 1 N–H and O–H groups in total. The van der Waals surface area contributed by atoms with Crippen LogP contribution in [0.25, 0.3) is 10.9 Å². The average molecular weight is 402 g/mol. The van der Waals surface area contributed by atoms with Gasteiger partial charge in [0, 0.05) is 23.1 Å². The van der Waals surface area contributed by atoms with Gasteiger partial charge in [0.1, 0.15) is 12.4 Å². The summed E-state index contributed by atoms with van der Waals surface area (Å²) in [5, 5.41) is 3.46. The fourth-order valence-electron chi connectivity index (χ4n) is 3.05. The molecule has 148 valence electrons. The van der Waals surface area contributed by atoms with Gasteiger partial charge < -0.3 is 9.88 Å². The van der Waals surface area contributed by atoms with Gasteiger partial charge in [-0.25, -0.2) is 12.8 Å². The van der Waals surface area contributed by atoms with Crippen molar-refractivity contribution in [1.29, 1.82) is 0 Å². The third kappa shape index (κ3) is 4.42. The Kier molecular flexibility index (Phi) is 5.84. The van der Waals surface area contributed by atoms with E-state index in [9.17, 15) is 17.6 Å². The first kappa shape index (κ1) is 20.1. The van der Waals surface area contributed by atoms with E-state index in [-0.39, 0.29) is 29.1 Å². The summed E-state index contributed by atoms with van der Waals surface area (Å²) in [7, 11) is -3.67. The molecule has 0 aliphatic rings. The molecule has 0 saturated carbocycles. The number of benzene rings is 2. The number of halogens is 1. The minimum atomic E-state index is -3.67. The van der Waals surface area contributed by atoms with Gasteiger partial charge in [-0.05, 0) is 37.1 Å². The monoisotopic (exact) mass is 402 g/mol. The van der Waals surface area contributed by atoms with Crippen LogP contribution in [0.1, 0.15) is 25.8 Å². The smallest absolute Gasteiger partial charge is 0.240 e. The molecule has 1 amide bonds. The number of carbonyl (C=O) groups excluding carboxylic acids is 1. The van der Waals surface area contributed by atoms with E-state index in [2.05, 4.69) is 5.32 Å². The standard InChI is InChI=1S/C21H23FN2O3S/c1-3-15(2)23-21(25)13-24-12-20(18-6-4-5-7-19(18)24)28(26,27)14-16-8-10-17(22)11-9-16/h4-12,15H,3,13-14H2,1-2H3,(H,23,25). The molecule has 0 fully saturated rings. The summed E-state index contributed by atoms with van der Waals surface area (Å²) in [4.78, 5) is 12.5. The zero-order valence-corrected chi connectivity index (χ0v) is 16.7. The lowest BCUT2D eigenvalue weighted by Crippen LogP contribution is -2.34. The molecule has 0 aliphatic heterocycles. The number of fused-ring (bicyclic) bond motifs is 1. The van der Waals surface area contributed by atoms with E-state index < -0.39 is 15.7 Å². The lowest BCUT2D eigenvalue weighted by Gasteiger charge is -2.12. The summed E-state index contributed by atoms with van der Waals surface area (Å²) in [5.74, 6) is -0.817. The molecule has 2 aromatic carbocycles. The molecule has 3 aromatic rings. The second-order valence-electron chi connectivity index (χ2n) is 6.90. The summed E-state index contributed by atoms with van der Waals surface area (Å²) in [6, 6.07) is 12.6. The van der Waals surface area contributed by atoms with Gasteiger partial charge in [-0.15, -0.1) is 0 Å². The number of nitrogens with zero attached hydrogens (tertiary/aromatic N) is 1. The maximum Gasteiger partial charge on any atom is 0.240 e. The van der Waals surface area contributed by atoms with E-state index in [1.54, 1.807) is 22.8 Å². The molecule has 1 unspecified atom stereocenters. The number of nitrogens with one attached hydrogen (secondary N) is 1. The second-order valence-corrected chi connectivity index (χ2v) is 8.86. The minimum absolute atomic E-state index is 0.0386. The molecule has 28 heavy (non-hydrogen) atoms. The average Bonchev–Trinajstić information content (AvgIpc) is 3.03. The van der Waals surface area contributed by atoms with Crippen LogP contribution in [0.2, 0.25) is 0 Å². The SMILES string of the molecule is CCC(C)NC(=O)Cn1cc(S(=O)(=O)Cc2ccc(F)cc2)c2ccccc21. The second kappa shape index (κ2) is 8.14. The van der Waals surface area contributed by atoms with Crippen LogP contribution < -0.4 is 5.32 Å². The van der Waals surface area contributed by atoms with Crippen LogP contribution in [0.4, 0.5) is 4.39 Å². The minimum Gasteiger partial charge on any atom is -0.352 e. The molecule has 1 aromatic heterocycles. The Morgan fingerprint density at radius 2 is 1.82 bits per heavy atom. The van der Waals surface area contributed by atoms with E-state index >= 15 is 0 Å². The highest BCUT2D eigenvalue weighted by Gasteiger charge is 2.22. The van der Waals surface area contributed by atoms with Gasteiger partial charge >= 0.3 is 0 Å². The lowest BCUT2D eigenvalue weighted by molar-refractivity contribution is -0.122. The van der Waals surface area contributed by atoms with Crippen LogP contribution in [-0.2, 0) is 26.9 Å². The molecule has 1 heterocycles. The topological polar surface area (TPSA) is 68.2 Å². The molecular formula is C21H23FN2O3S. The third-order valence-electron chi connectivity index (χ3n) is 4.69. The number of sulfone groups is 1. The highest BCUT2D eigenvalue weighted by Crippen LogP contribution is 2.28. The van der Waals surface area contributed by atoms with Crippen LogP contribution in [0, 0.1) is 5.82 Å². The molecule has 0 bridgehead atoms. The maximum absolute atomic E-state index is 13.1. The summed E-state index contributed by atoms with van der Waals surface area (Å²) in [6.07, 6.45) is 2.33. The van der Waals surface area contributed by atoms with Crippen molar-refractivity contribution in [2.75, 3.05) is 0 Å². The Morgan fingerprint density at radius 3 is 2.50 bits per heavy atom. The Bertz CT molecular complexity index is 1090. The zero-order valence-electron chi connectivity index (χ0n) is 15.9. The molecule has 5 nitrogen and oxygen atoms in total. The Labute approximate surface area is 164 Å². The van der Waals surface area contributed by atoms with Gasteiger partial charge in [0.05, 0.1) is 10.6 Å². The van der Waals surface area contributed by atoms with Crippen molar-refractivity contribution in [2.45, 2.75) is 43.5 Å². The molecule has 0 spiro atoms. The van der Waals surface area contributed by atoms with E-state index in [0.717, 1.165) is 6.42 Å². The highest BCUT2D eigenvalue weighted by atomic mass is 32.2. The quantitative estimate of drug-likeness (QED) is 0.656. The third-order valence-corrected chi connectivity index (χ3v) is 6.40. The van der Waals surface area contributed by atoms with Crippen molar-refractivity contribution in [1.82, 2.24) is 9.88 Å². The fraction of sp³-hybridized carbons (Fsp3) is 0.286. The van der Waals surface area contributed by atoms with Crippen LogP contribution in [0.5, 0.6) is 0 Å². The largest absolute Gasteiger partial charge is 0.352 e. The molecule has 0 saturated heterocycles. The summed E-state index contributed by atoms with van der Waals surface area (Å²) < 4.78 is 40.8. The Morgan fingerprint density at radius 1 is 1.14 bits per heavy atom. The number of amides is 1. The van der Waals surface area contributed by atoms with Crippen molar-refractivity contribution >= 4 is 26.6 Å². The molecule has 7 heteroatoms. The molecule has 0 radical (unpaired) electrons. The van der Waals surface area contributed by atoms with Gasteiger partial charge in [0.25, 0.3) is 0 Å². The van der Waals surface area contributed by atoms with E-state index in [0.29, 0.717) is 16.5 Å². The van der Waals surface area contributed by atoms with Gasteiger partial charge in [-0.2, -0.15) is 0 Å². The van der Waals surface area contributed by atoms with Crippen LogP contribution in [0.3, 0.4) is 0 Å². The van der Waals surface area contributed by atoms with Gasteiger partial charge in [0.2, 0.25) is 5.91 Å². The predicted molar refractivity (Wildman–Crippen MR) is 107 cm³/mol. The number of para-hydroxylation sites is 1. The fourth-order valence-corrected chi connectivity index (χ4v) is 4.63. The van der Waals surface area contributed by atoms with Gasteiger partial charge in [-0.1, -0.05) is 37.3 Å². The first-order valence-corrected chi connectivity index (χ1v) is 10.8. The number of aromatic nitrogens is 1. The molecular weight excluding hydrogens is 379 g/mol. The zero-order chi connectivity index (χ0) is 20.3. The van der Waals surface area contributed by atoms with Crippen molar-refractivity contribution in [3.63, 3.8) is 0 Å². The normalized spacial score (nSPS) is 12.8. The van der Waals surface area contributed by atoms with Crippen molar-refractivity contribution < 1.29 is 17.6 Å². The first-order valence-electron chi connectivity index (χ1n) is 9.14. The van der Waals surface area contributed by atoms with Crippen molar-refractivity contribution in [2.24, 2.45) is 0 Å². The summed E-state index contributed by atoms with van der Waals surface area (Å²) in [5.41, 5.74) is 1.19. The van der Waals surface area contributed by atoms with Gasteiger partial charge in [-0.3, -0.25) is 4.79 Å². The molecule has 1 atom stereocenters.